The van der Waals surface area contributed by atoms with Gasteiger partial charge in [-0.1, -0.05) is 37.6 Å². The van der Waals surface area contributed by atoms with E-state index in [1.54, 1.807) is 47.3 Å². The normalized spacial score (nSPS) is 14.4. The minimum atomic E-state index is -4.35. The maximum absolute atomic E-state index is 13.3. The number of amides is 1. The van der Waals surface area contributed by atoms with Gasteiger partial charge in [0.15, 0.2) is 10.0 Å². The Kier molecular flexibility index (Phi) is 5.45. The van der Waals surface area contributed by atoms with Gasteiger partial charge in [-0.3, -0.25) is 4.79 Å². The topological polar surface area (TPSA) is 112 Å². The van der Waals surface area contributed by atoms with Crippen molar-refractivity contribution in [2.45, 2.75) is 24.2 Å². The number of hydrogen-bond acceptors (Lipinski definition) is 7. The fourth-order valence-corrected chi connectivity index (χ4v) is 5.51. The molecule has 1 aliphatic rings. The zero-order chi connectivity index (χ0) is 25.0. The Bertz CT molecular complexity index is 1600. The van der Waals surface area contributed by atoms with Crippen molar-refractivity contribution in [1.82, 2.24) is 19.5 Å². The summed E-state index contributed by atoms with van der Waals surface area (Å²) in [5, 5.41) is 5.25. The van der Waals surface area contributed by atoms with Crippen LogP contribution in [0.25, 0.3) is 16.6 Å². The van der Waals surface area contributed by atoms with Crippen LogP contribution in [0.1, 0.15) is 29.9 Å². The average Bonchev–Trinajstić information content (AvgIpc) is 3.39. The molecule has 1 aliphatic heterocycles. The van der Waals surface area contributed by atoms with Gasteiger partial charge in [-0.25, -0.2) is 22.8 Å². The summed E-state index contributed by atoms with van der Waals surface area (Å²) in [6.07, 6.45) is 1.71. The van der Waals surface area contributed by atoms with Crippen molar-refractivity contribution < 1.29 is 22.7 Å². The van der Waals surface area contributed by atoms with Gasteiger partial charge in [0.2, 0.25) is 0 Å². The van der Waals surface area contributed by atoms with E-state index < -0.39 is 15.9 Å². The number of halogens is 1. The first-order valence-electron chi connectivity index (χ1n) is 10.6. The average molecular weight is 513 g/mol. The molecule has 3 heterocycles. The summed E-state index contributed by atoms with van der Waals surface area (Å²) >= 11 is 5.94. The van der Waals surface area contributed by atoms with Crippen LogP contribution < -0.4 is 14.2 Å². The van der Waals surface area contributed by atoms with Crippen LogP contribution in [0.15, 0.2) is 59.6 Å². The molecule has 0 atom stereocenters. The number of methoxy groups -OCH3 is 1. The van der Waals surface area contributed by atoms with Crippen molar-refractivity contribution in [1.29, 1.82) is 0 Å². The van der Waals surface area contributed by atoms with Gasteiger partial charge in [0, 0.05) is 22.6 Å². The molecular weight excluding hydrogens is 492 g/mol. The van der Waals surface area contributed by atoms with Crippen LogP contribution in [0.2, 0.25) is 5.15 Å². The third-order valence-electron chi connectivity index (χ3n) is 5.84. The zero-order valence-corrected chi connectivity index (χ0v) is 20.6. The van der Waals surface area contributed by atoms with Gasteiger partial charge < -0.3 is 9.47 Å². The van der Waals surface area contributed by atoms with Gasteiger partial charge in [-0.2, -0.15) is 5.10 Å². The molecule has 0 fully saturated rings. The molecule has 2 aromatic heterocycles. The lowest BCUT2D eigenvalue weighted by molar-refractivity contribution is 0.0977. The number of carbonyl (C=O) groups is 1. The molecule has 180 valence electrons. The lowest BCUT2D eigenvalue weighted by Crippen LogP contribution is -2.31. The number of aromatic nitrogens is 3. The summed E-state index contributed by atoms with van der Waals surface area (Å²) in [7, 11) is -2.99. The van der Waals surface area contributed by atoms with Crippen LogP contribution in [0.4, 0.5) is 0 Å². The number of nitrogens with one attached hydrogen (secondary N) is 1. The highest BCUT2D eigenvalue weighted by Crippen LogP contribution is 2.46. The second-order valence-corrected chi connectivity index (χ2v) is 10.7. The van der Waals surface area contributed by atoms with Crippen LogP contribution in [0.3, 0.4) is 0 Å². The molecule has 4 aromatic rings. The number of fused-ring (bicyclic) bond motifs is 2. The first-order chi connectivity index (χ1) is 16.6. The van der Waals surface area contributed by atoms with Crippen molar-refractivity contribution >= 4 is 38.4 Å². The second-order valence-electron chi connectivity index (χ2n) is 8.70. The Labute approximate surface area is 206 Å². The molecular formula is C24H21ClN4O5S. The minimum absolute atomic E-state index is 0.0653. The Hall–Kier alpha value is -3.63. The molecule has 5 rings (SSSR count). The van der Waals surface area contributed by atoms with Crippen molar-refractivity contribution in [3.05, 3.63) is 71.1 Å². The number of carbonyl (C=O) groups excluding carboxylic acids is 1. The number of nitrogens with zero attached hydrogens (tertiary/aromatic N) is 3. The summed E-state index contributed by atoms with van der Waals surface area (Å²) in [6, 6.07) is 13.4. The van der Waals surface area contributed by atoms with Gasteiger partial charge >= 0.3 is 0 Å². The highest BCUT2D eigenvalue weighted by Gasteiger charge is 2.39. The molecule has 35 heavy (non-hydrogen) atoms. The van der Waals surface area contributed by atoms with Crippen molar-refractivity contribution in [2.24, 2.45) is 0 Å². The summed E-state index contributed by atoms with van der Waals surface area (Å²) in [5.41, 5.74) is 1.48. The van der Waals surface area contributed by atoms with Crippen LogP contribution >= 0.6 is 11.6 Å². The SMILES string of the molecule is COc1ccc2c(c1S(=O)(=O)NC(=O)c1ccc3c(-n4ccc(Cl)n4)cccc3n1)OCC2(C)C. The highest BCUT2D eigenvalue weighted by atomic mass is 35.5. The molecule has 0 saturated heterocycles. The Balaban J connectivity index is 1.51. The van der Waals surface area contributed by atoms with E-state index in [-0.39, 0.29) is 27.5 Å². The van der Waals surface area contributed by atoms with E-state index in [4.69, 9.17) is 21.1 Å². The van der Waals surface area contributed by atoms with E-state index in [0.717, 1.165) is 5.56 Å². The third kappa shape index (κ3) is 3.98. The van der Waals surface area contributed by atoms with Crippen molar-refractivity contribution in [3.63, 3.8) is 0 Å². The number of benzene rings is 2. The molecule has 0 saturated carbocycles. The fraction of sp³-hybridized carbons (Fsp3) is 0.208. The molecule has 1 amide bonds. The number of sulfonamides is 1. The van der Waals surface area contributed by atoms with E-state index in [0.29, 0.717) is 28.4 Å². The summed E-state index contributed by atoms with van der Waals surface area (Å²) in [6.45, 7) is 4.21. The van der Waals surface area contributed by atoms with E-state index in [1.165, 1.54) is 13.2 Å². The summed E-state index contributed by atoms with van der Waals surface area (Å²) < 4.78 is 41.4. The summed E-state index contributed by atoms with van der Waals surface area (Å²) in [5.74, 6) is -0.615. The fourth-order valence-electron chi connectivity index (χ4n) is 4.09. The second kappa shape index (κ2) is 8.24. The Morgan fingerprint density at radius 2 is 1.97 bits per heavy atom. The molecule has 0 radical (unpaired) electrons. The van der Waals surface area contributed by atoms with Crippen molar-refractivity contribution in [2.75, 3.05) is 13.7 Å². The van der Waals surface area contributed by atoms with Crippen LogP contribution in [0.5, 0.6) is 11.5 Å². The predicted octanol–water partition coefficient (Wildman–Crippen LogP) is 3.87. The van der Waals surface area contributed by atoms with Gasteiger partial charge in [0.05, 0.1) is 24.9 Å². The first-order valence-corrected chi connectivity index (χ1v) is 12.5. The Morgan fingerprint density at radius 3 is 2.69 bits per heavy atom. The number of ether oxygens (including phenoxy) is 2. The van der Waals surface area contributed by atoms with Crippen LogP contribution in [-0.4, -0.2) is 42.8 Å². The van der Waals surface area contributed by atoms with Crippen molar-refractivity contribution in [3.8, 4) is 17.2 Å². The monoisotopic (exact) mass is 512 g/mol. The van der Waals surface area contributed by atoms with Crippen LogP contribution in [0, 0.1) is 0 Å². The van der Waals surface area contributed by atoms with E-state index >= 15 is 0 Å². The largest absolute Gasteiger partial charge is 0.495 e. The quantitative estimate of drug-likeness (QED) is 0.432. The third-order valence-corrected chi connectivity index (χ3v) is 7.42. The molecule has 9 nitrogen and oxygen atoms in total. The predicted molar refractivity (Wildman–Crippen MR) is 130 cm³/mol. The van der Waals surface area contributed by atoms with Gasteiger partial charge in [-0.15, -0.1) is 0 Å². The van der Waals surface area contributed by atoms with E-state index in [9.17, 15) is 13.2 Å². The molecule has 1 N–H and O–H groups in total. The number of rotatable bonds is 5. The Morgan fingerprint density at radius 1 is 1.17 bits per heavy atom. The molecule has 0 unspecified atom stereocenters. The van der Waals surface area contributed by atoms with Gasteiger partial charge in [-0.05, 0) is 36.4 Å². The van der Waals surface area contributed by atoms with Gasteiger partial charge in [0.25, 0.3) is 15.9 Å². The molecule has 0 aliphatic carbocycles. The molecule has 2 aromatic carbocycles. The van der Waals surface area contributed by atoms with E-state index in [2.05, 4.69) is 14.8 Å². The number of pyridine rings is 1. The lowest BCUT2D eigenvalue weighted by Gasteiger charge is -2.17. The zero-order valence-electron chi connectivity index (χ0n) is 19.1. The lowest BCUT2D eigenvalue weighted by atomic mass is 9.87. The van der Waals surface area contributed by atoms with E-state index in [1.807, 2.05) is 19.9 Å². The smallest absolute Gasteiger partial charge is 0.283 e. The first kappa shape index (κ1) is 23.1. The maximum atomic E-state index is 13.3. The maximum Gasteiger partial charge on any atom is 0.283 e. The molecule has 0 bridgehead atoms. The standard InChI is InChI=1S/C24H21ClN4O5S/c1-24(2)13-34-21-15(24)8-10-19(33-3)22(21)35(31,32)28-23(30)17-9-7-14-16(26-17)5-4-6-18(14)29-12-11-20(25)27-29/h4-12H,13H2,1-3H3,(H,28,30). The highest BCUT2D eigenvalue weighted by molar-refractivity contribution is 7.90. The van der Waals surface area contributed by atoms with Gasteiger partial charge in [0.1, 0.15) is 17.2 Å². The minimum Gasteiger partial charge on any atom is -0.495 e. The van der Waals surface area contributed by atoms with Crippen LogP contribution in [-0.2, 0) is 15.4 Å². The molecule has 0 spiro atoms. The molecule has 11 heteroatoms. The summed E-state index contributed by atoms with van der Waals surface area (Å²) in [4.78, 5) is 17.2. The number of hydrogen-bond donors (Lipinski definition) is 1.